The molecule has 4 nitrogen and oxygen atoms in total. The van der Waals surface area contributed by atoms with Crippen molar-refractivity contribution in [1.29, 1.82) is 0 Å². The molecule has 1 heterocycles. The van der Waals surface area contributed by atoms with E-state index in [2.05, 4.69) is 48.7 Å². The van der Waals surface area contributed by atoms with Crippen LogP contribution in [-0.4, -0.2) is 16.0 Å². The summed E-state index contributed by atoms with van der Waals surface area (Å²) in [7, 11) is 0. The maximum atomic E-state index is 4.80. The van der Waals surface area contributed by atoms with Crippen molar-refractivity contribution in [3.05, 3.63) is 41.1 Å². The normalized spacial score (nSPS) is 17.7. The number of hydrogen-bond donors (Lipinski definition) is 2. The molecule has 0 amide bonds. The van der Waals surface area contributed by atoms with E-state index in [1.165, 1.54) is 61.0 Å². The van der Waals surface area contributed by atoms with Gasteiger partial charge in [0.15, 0.2) is 0 Å². The van der Waals surface area contributed by atoms with E-state index in [-0.39, 0.29) is 0 Å². The molecule has 4 heteroatoms. The molecule has 0 unspecified atom stereocenters. The first kappa shape index (κ1) is 16.4. The summed E-state index contributed by atoms with van der Waals surface area (Å²) in [4.78, 5) is 9.59. The first-order valence-corrected chi connectivity index (χ1v) is 9.74. The molecule has 0 atom stereocenters. The lowest BCUT2D eigenvalue weighted by atomic mass is 10.1. The SMILES string of the molecule is CCc1cccc(C)c1Nc1cc(C2CC2)nc(NC2CCCC2)n1. The van der Waals surface area contributed by atoms with Gasteiger partial charge < -0.3 is 10.6 Å². The summed E-state index contributed by atoms with van der Waals surface area (Å²) in [6.45, 7) is 4.35. The molecule has 2 N–H and O–H groups in total. The Kier molecular flexibility index (Phi) is 4.60. The average molecular weight is 336 g/mol. The Balaban J connectivity index is 1.63. The van der Waals surface area contributed by atoms with E-state index in [1.54, 1.807) is 0 Å². The van der Waals surface area contributed by atoms with Gasteiger partial charge in [0.05, 0.1) is 5.69 Å². The number of nitrogens with one attached hydrogen (secondary N) is 2. The summed E-state index contributed by atoms with van der Waals surface area (Å²) in [5, 5.41) is 7.16. The fraction of sp³-hybridized carbons (Fsp3) is 0.524. The van der Waals surface area contributed by atoms with Crippen LogP contribution in [0.4, 0.5) is 17.5 Å². The van der Waals surface area contributed by atoms with E-state index < -0.39 is 0 Å². The zero-order chi connectivity index (χ0) is 17.2. The van der Waals surface area contributed by atoms with Crippen LogP contribution in [0.25, 0.3) is 0 Å². The second-order valence-corrected chi connectivity index (χ2v) is 7.49. The quantitative estimate of drug-likeness (QED) is 0.749. The summed E-state index contributed by atoms with van der Waals surface area (Å²) < 4.78 is 0. The fourth-order valence-corrected chi connectivity index (χ4v) is 3.77. The van der Waals surface area contributed by atoms with Crippen LogP contribution in [0.5, 0.6) is 0 Å². The Hall–Kier alpha value is -2.10. The minimum Gasteiger partial charge on any atom is -0.351 e. The van der Waals surface area contributed by atoms with Gasteiger partial charge in [0.25, 0.3) is 0 Å². The van der Waals surface area contributed by atoms with Gasteiger partial charge in [0.2, 0.25) is 5.95 Å². The lowest BCUT2D eigenvalue weighted by molar-refractivity contribution is 0.742. The molecular weight excluding hydrogens is 308 g/mol. The number of hydrogen-bond acceptors (Lipinski definition) is 4. The van der Waals surface area contributed by atoms with Gasteiger partial charge in [0.1, 0.15) is 5.82 Å². The number of aromatic nitrogens is 2. The first-order chi connectivity index (χ1) is 12.2. The third-order valence-electron chi connectivity index (χ3n) is 5.42. The molecule has 0 spiro atoms. The Morgan fingerprint density at radius 2 is 1.88 bits per heavy atom. The summed E-state index contributed by atoms with van der Waals surface area (Å²) in [6.07, 6.45) is 8.61. The monoisotopic (exact) mass is 336 g/mol. The molecule has 25 heavy (non-hydrogen) atoms. The molecule has 0 aliphatic heterocycles. The van der Waals surface area contributed by atoms with Crippen LogP contribution in [0.15, 0.2) is 24.3 Å². The number of para-hydroxylation sites is 1. The van der Waals surface area contributed by atoms with Crippen molar-refractivity contribution in [2.75, 3.05) is 10.6 Å². The van der Waals surface area contributed by atoms with Crippen LogP contribution < -0.4 is 10.6 Å². The number of nitrogens with zero attached hydrogens (tertiary/aromatic N) is 2. The Morgan fingerprint density at radius 3 is 2.60 bits per heavy atom. The first-order valence-electron chi connectivity index (χ1n) is 9.74. The second kappa shape index (κ2) is 7.03. The predicted octanol–water partition coefficient (Wildman–Crippen LogP) is 5.32. The van der Waals surface area contributed by atoms with Gasteiger partial charge in [-0.2, -0.15) is 4.98 Å². The van der Waals surface area contributed by atoms with Crippen LogP contribution in [0.1, 0.15) is 68.2 Å². The number of anilines is 3. The molecular formula is C21H28N4. The van der Waals surface area contributed by atoms with Crippen molar-refractivity contribution in [3.63, 3.8) is 0 Å². The molecule has 0 saturated heterocycles. The summed E-state index contributed by atoms with van der Waals surface area (Å²) in [5.74, 6) is 2.34. The van der Waals surface area contributed by atoms with Crippen molar-refractivity contribution >= 4 is 17.5 Å². The van der Waals surface area contributed by atoms with E-state index in [9.17, 15) is 0 Å². The van der Waals surface area contributed by atoms with E-state index >= 15 is 0 Å². The predicted molar refractivity (Wildman–Crippen MR) is 104 cm³/mol. The molecule has 0 bridgehead atoms. The minimum atomic E-state index is 0.534. The summed E-state index contributed by atoms with van der Waals surface area (Å²) in [6, 6.07) is 9.15. The molecule has 2 aliphatic carbocycles. The third-order valence-corrected chi connectivity index (χ3v) is 5.42. The zero-order valence-corrected chi connectivity index (χ0v) is 15.3. The smallest absolute Gasteiger partial charge is 0.225 e. The highest BCUT2D eigenvalue weighted by atomic mass is 15.2. The van der Waals surface area contributed by atoms with Crippen LogP contribution >= 0.6 is 0 Å². The molecule has 2 aromatic rings. The highest BCUT2D eigenvalue weighted by Gasteiger charge is 2.27. The lowest BCUT2D eigenvalue weighted by Crippen LogP contribution is -2.17. The van der Waals surface area contributed by atoms with Gasteiger partial charge in [-0.15, -0.1) is 0 Å². The van der Waals surface area contributed by atoms with Gasteiger partial charge in [0, 0.05) is 23.7 Å². The molecule has 2 aliphatic rings. The molecule has 2 saturated carbocycles. The largest absolute Gasteiger partial charge is 0.351 e. The van der Waals surface area contributed by atoms with E-state index in [0.29, 0.717) is 12.0 Å². The van der Waals surface area contributed by atoms with Crippen LogP contribution in [0.2, 0.25) is 0 Å². The zero-order valence-electron chi connectivity index (χ0n) is 15.3. The summed E-state index contributed by atoms with van der Waals surface area (Å²) in [5.41, 5.74) is 4.97. The maximum Gasteiger partial charge on any atom is 0.225 e. The van der Waals surface area contributed by atoms with E-state index in [0.717, 1.165) is 18.2 Å². The van der Waals surface area contributed by atoms with Crippen LogP contribution in [0, 0.1) is 6.92 Å². The molecule has 1 aromatic carbocycles. The number of benzene rings is 1. The third kappa shape index (κ3) is 3.78. The Morgan fingerprint density at radius 1 is 1.08 bits per heavy atom. The van der Waals surface area contributed by atoms with Gasteiger partial charge >= 0.3 is 0 Å². The van der Waals surface area contributed by atoms with Crippen molar-refractivity contribution in [2.24, 2.45) is 0 Å². The molecule has 4 rings (SSSR count). The summed E-state index contributed by atoms with van der Waals surface area (Å²) >= 11 is 0. The molecule has 2 fully saturated rings. The van der Waals surface area contributed by atoms with Crippen molar-refractivity contribution < 1.29 is 0 Å². The van der Waals surface area contributed by atoms with Gasteiger partial charge in [-0.1, -0.05) is 38.0 Å². The van der Waals surface area contributed by atoms with Gasteiger partial charge in [-0.25, -0.2) is 4.98 Å². The van der Waals surface area contributed by atoms with Gasteiger partial charge in [-0.3, -0.25) is 0 Å². The Bertz CT molecular complexity index is 746. The molecule has 132 valence electrons. The van der Waals surface area contributed by atoms with E-state index in [1.807, 2.05) is 0 Å². The topological polar surface area (TPSA) is 49.8 Å². The van der Waals surface area contributed by atoms with Gasteiger partial charge in [-0.05, 0) is 50.2 Å². The fourth-order valence-electron chi connectivity index (χ4n) is 3.77. The average Bonchev–Trinajstić information content (AvgIpc) is 3.35. The highest BCUT2D eigenvalue weighted by Crippen LogP contribution is 2.40. The number of rotatable bonds is 6. The van der Waals surface area contributed by atoms with E-state index in [4.69, 9.17) is 9.97 Å². The lowest BCUT2D eigenvalue weighted by Gasteiger charge is -2.17. The Labute approximate surface area is 150 Å². The minimum absolute atomic E-state index is 0.534. The highest BCUT2D eigenvalue weighted by molar-refractivity contribution is 5.65. The van der Waals surface area contributed by atoms with Crippen LogP contribution in [-0.2, 0) is 6.42 Å². The number of aryl methyl sites for hydroxylation is 2. The van der Waals surface area contributed by atoms with Crippen LogP contribution in [0.3, 0.4) is 0 Å². The standard InChI is InChI=1S/C21H28N4/c1-3-15-8-6-7-14(2)20(15)24-19-13-18(16-11-12-16)23-21(25-19)22-17-9-4-5-10-17/h6-8,13,16-17H,3-5,9-12H2,1-2H3,(H2,22,23,24,25). The van der Waals surface area contributed by atoms with Crippen molar-refractivity contribution in [2.45, 2.75) is 70.8 Å². The van der Waals surface area contributed by atoms with Crippen molar-refractivity contribution in [3.8, 4) is 0 Å². The molecule has 1 aromatic heterocycles. The van der Waals surface area contributed by atoms with Crippen molar-refractivity contribution in [1.82, 2.24) is 9.97 Å². The maximum absolute atomic E-state index is 4.80. The molecule has 0 radical (unpaired) electrons. The second-order valence-electron chi connectivity index (χ2n) is 7.49.